The van der Waals surface area contributed by atoms with E-state index in [1.165, 1.54) is 30.7 Å². The zero-order chi connectivity index (χ0) is 17.2. The van der Waals surface area contributed by atoms with E-state index in [0.717, 1.165) is 32.8 Å². The summed E-state index contributed by atoms with van der Waals surface area (Å²) in [7, 11) is 1.68. The topological polar surface area (TPSA) is 50.3 Å². The van der Waals surface area contributed by atoms with Crippen molar-refractivity contribution in [1.82, 2.24) is 14.9 Å². The number of anilines is 2. The maximum Gasteiger partial charge on any atom is 0.190 e. The van der Waals surface area contributed by atoms with Crippen LogP contribution in [-0.2, 0) is 6.54 Å². The minimum atomic E-state index is 0.673. The van der Waals surface area contributed by atoms with E-state index in [-0.39, 0.29) is 0 Å². The van der Waals surface area contributed by atoms with Crippen LogP contribution in [0.2, 0.25) is 0 Å². The van der Waals surface area contributed by atoms with Gasteiger partial charge in [-0.3, -0.25) is 4.90 Å². The number of fused-ring (bicyclic) bond motifs is 1. The van der Waals surface area contributed by atoms with Crippen LogP contribution in [0.1, 0.15) is 31.1 Å². The largest absolute Gasteiger partial charge is 0.497 e. The lowest BCUT2D eigenvalue weighted by Crippen LogP contribution is -2.36. The Kier molecular flexibility index (Phi) is 4.87. The van der Waals surface area contributed by atoms with Gasteiger partial charge in [-0.15, -0.1) is 11.3 Å². The van der Waals surface area contributed by atoms with Gasteiger partial charge in [0, 0.05) is 23.7 Å². The Morgan fingerprint density at radius 1 is 1.28 bits per heavy atom. The van der Waals surface area contributed by atoms with Crippen LogP contribution in [-0.4, -0.2) is 34.6 Å². The Balaban J connectivity index is 1.45. The van der Waals surface area contributed by atoms with Gasteiger partial charge in [0.05, 0.1) is 17.3 Å². The molecule has 1 saturated heterocycles. The first-order valence-corrected chi connectivity index (χ1v) is 10.2. The van der Waals surface area contributed by atoms with Crippen molar-refractivity contribution < 1.29 is 4.74 Å². The molecule has 1 aromatic carbocycles. The molecule has 132 valence electrons. The quantitative estimate of drug-likeness (QED) is 0.690. The number of likely N-dealkylation sites (tertiary alicyclic amines) is 1. The zero-order valence-electron chi connectivity index (χ0n) is 14.5. The second kappa shape index (κ2) is 7.27. The average Bonchev–Trinajstić information content (AvgIpc) is 3.22. The van der Waals surface area contributed by atoms with E-state index in [4.69, 9.17) is 4.74 Å². The molecule has 0 radical (unpaired) electrons. The standard InChI is InChI=1S/C18H22N4OS2/c1-12-5-3-4-8-22(12)11-14-10-19-17(24-14)21-18-20-15-7-6-13(23-2)9-16(15)25-18/h6-7,9-10,12H,3-5,8,11H2,1-2H3,(H,19,20,21). The smallest absolute Gasteiger partial charge is 0.190 e. The lowest BCUT2D eigenvalue weighted by Gasteiger charge is -2.32. The molecule has 25 heavy (non-hydrogen) atoms. The number of nitrogens with zero attached hydrogens (tertiary/aromatic N) is 3. The first kappa shape index (κ1) is 16.8. The number of rotatable bonds is 5. The number of nitrogens with one attached hydrogen (secondary N) is 1. The second-order valence-electron chi connectivity index (χ2n) is 6.42. The number of methoxy groups -OCH3 is 1. The number of piperidine rings is 1. The average molecular weight is 375 g/mol. The molecular weight excluding hydrogens is 352 g/mol. The number of benzene rings is 1. The van der Waals surface area contributed by atoms with Gasteiger partial charge in [0.15, 0.2) is 10.3 Å². The van der Waals surface area contributed by atoms with Crippen LogP contribution < -0.4 is 10.1 Å². The van der Waals surface area contributed by atoms with Crippen molar-refractivity contribution in [3.05, 3.63) is 29.3 Å². The summed E-state index contributed by atoms with van der Waals surface area (Å²) in [6.07, 6.45) is 5.96. The molecule has 0 saturated carbocycles. The van der Waals surface area contributed by atoms with Crippen molar-refractivity contribution in [1.29, 1.82) is 0 Å². The summed E-state index contributed by atoms with van der Waals surface area (Å²) in [6.45, 7) is 4.52. The highest BCUT2D eigenvalue weighted by Crippen LogP contribution is 2.32. The molecule has 1 aliphatic rings. The minimum absolute atomic E-state index is 0.673. The number of thiazole rings is 2. The predicted molar refractivity (Wildman–Crippen MR) is 105 cm³/mol. The summed E-state index contributed by atoms with van der Waals surface area (Å²) in [4.78, 5) is 13.0. The molecule has 3 aromatic rings. The van der Waals surface area contributed by atoms with Crippen molar-refractivity contribution in [2.24, 2.45) is 0 Å². The Morgan fingerprint density at radius 2 is 2.20 bits per heavy atom. The number of hydrogen-bond acceptors (Lipinski definition) is 7. The van der Waals surface area contributed by atoms with Gasteiger partial charge in [-0.2, -0.15) is 0 Å². The summed E-state index contributed by atoms with van der Waals surface area (Å²) in [6, 6.07) is 6.61. The first-order valence-electron chi connectivity index (χ1n) is 8.61. The fourth-order valence-corrected chi connectivity index (χ4v) is 5.00. The SMILES string of the molecule is COc1ccc2nc(Nc3ncc(CN4CCCCC4C)s3)sc2c1. The lowest BCUT2D eigenvalue weighted by atomic mass is 10.0. The third-order valence-corrected chi connectivity index (χ3v) is 6.49. The Morgan fingerprint density at radius 3 is 3.04 bits per heavy atom. The lowest BCUT2D eigenvalue weighted by molar-refractivity contribution is 0.154. The van der Waals surface area contributed by atoms with Crippen LogP contribution in [0.25, 0.3) is 10.2 Å². The monoisotopic (exact) mass is 374 g/mol. The molecule has 1 N–H and O–H groups in total. The van der Waals surface area contributed by atoms with E-state index >= 15 is 0 Å². The van der Waals surface area contributed by atoms with Crippen molar-refractivity contribution >= 4 is 43.2 Å². The Bertz CT molecular complexity index is 860. The summed E-state index contributed by atoms with van der Waals surface area (Å²) >= 11 is 3.34. The molecule has 1 fully saturated rings. The maximum absolute atomic E-state index is 5.28. The molecule has 0 amide bonds. The molecule has 0 bridgehead atoms. The number of hydrogen-bond donors (Lipinski definition) is 1. The fraction of sp³-hybridized carbons (Fsp3) is 0.444. The highest BCUT2D eigenvalue weighted by atomic mass is 32.1. The van der Waals surface area contributed by atoms with Gasteiger partial charge in [0.25, 0.3) is 0 Å². The molecule has 0 aliphatic carbocycles. The molecule has 1 unspecified atom stereocenters. The van der Waals surface area contributed by atoms with Crippen LogP contribution in [0.15, 0.2) is 24.4 Å². The molecule has 3 heterocycles. The highest BCUT2D eigenvalue weighted by Gasteiger charge is 2.19. The van der Waals surface area contributed by atoms with E-state index < -0.39 is 0 Å². The number of ether oxygens (including phenoxy) is 1. The van der Waals surface area contributed by atoms with Crippen molar-refractivity contribution in [2.75, 3.05) is 19.0 Å². The van der Waals surface area contributed by atoms with Gasteiger partial charge in [-0.1, -0.05) is 17.8 Å². The molecule has 5 nitrogen and oxygen atoms in total. The first-order chi connectivity index (χ1) is 12.2. The van der Waals surface area contributed by atoms with E-state index in [1.54, 1.807) is 29.8 Å². The summed E-state index contributed by atoms with van der Waals surface area (Å²) in [5.41, 5.74) is 0.979. The summed E-state index contributed by atoms with van der Waals surface area (Å²) in [5.74, 6) is 0.856. The molecule has 0 spiro atoms. The van der Waals surface area contributed by atoms with Gasteiger partial charge in [0.2, 0.25) is 0 Å². The zero-order valence-corrected chi connectivity index (χ0v) is 16.1. The predicted octanol–water partition coefficient (Wildman–Crippen LogP) is 4.88. The Hall–Kier alpha value is -1.70. The maximum atomic E-state index is 5.28. The van der Waals surface area contributed by atoms with Gasteiger partial charge in [0.1, 0.15) is 5.75 Å². The molecular formula is C18H22N4OS2. The van der Waals surface area contributed by atoms with Gasteiger partial charge < -0.3 is 10.1 Å². The van der Waals surface area contributed by atoms with E-state index in [0.29, 0.717) is 6.04 Å². The minimum Gasteiger partial charge on any atom is -0.497 e. The molecule has 7 heteroatoms. The van der Waals surface area contributed by atoms with E-state index in [9.17, 15) is 0 Å². The third-order valence-electron chi connectivity index (χ3n) is 4.66. The van der Waals surface area contributed by atoms with E-state index in [1.807, 2.05) is 24.4 Å². The van der Waals surface area contributed by atoms with Gasteiger partial charge in [-0.25, -0.2) is 9.97 Å². The van der Waals surface area contributed by atoms with Crippen LogP contribution in [0.3, 0.4) is 0 Å². The van der Waals surface area contributed by atoms with E-state index in [2.05, 4.69) is 27.1 Å². The molecule has 1 aliphatic heterocycles. The van der Waals surface area contributed by atoms with Crippen LogP contribution in [0.5, 0.6) is 5.75 Å². The van der Waals surface area contributed by atoms with Crippen molar-refractivity contribution in [3.63, 3.8) is 0 Å². The van der Waals surface area contributed by atoms with Gasteiger partial charge >= 0.3 is 0 Å². The highest BCUT2D eigenvalue weighted by molar-refractivity contribution is 7.22. The second-order valence-corrected chi connectivity index (χ2v) is 8.57. The van der Waals surface area contributed by atoms with Crippen molar-refractivity contribution in [3.8, 4) is 5.75 Å². The summed E-state index contributed by atoms with van der Waals surface area (Å²) in [5, 5.41) is 5.13. The van der Waals surface area contributed by atoms with Gasteiger partial charge in [-0.05, 0) is 44.5 Å². The fourth-order valence-electron chi connectivity index (χ4n) is 3.21. The third kappa shape index (κ3) is 3.78. The van der Waals surface area contributed by atoms with Crippen molar-refractivity contribution in [2.45, 2.75) is 38.8 Å². The molecule has 2 aromatic heterocycles. The van der Waals surface area contributed by atoms with Crippen LogP contribution in [0, 0.1) is 0 Å². The van der Waals surface area contributed by atoms with Crippen LogP contribution >= 0.6 is 22.7 Å². The Labute approximate surface area is 155 Å². The molecule has 4 rings (SSSR count). The number of aromatic nitrogens is 2. The summed E-state index contributed by atoms with van der Waals surface area (Å²) < 4.78 is 6.39. The van der Waals surface area contributed by atoms with Crippen LogP contribution in [0.4, 0.5) is 10.3 Å². The normalized spacial score (nSPS) is 18.6. The molecule has 1 atom stereocenters.